The lowest BCUT2D eigenvalue weighted by molar-refractivity contribution is 0.0955. The summed E-state index contributed by atoms with van der Waals surface area (Å²) in [6, 6.07) is 9.50. The minimum atomic E-state index is -0.351. The van der Waals surface area contributed by atoms with Crippen molar-refractivity contribution in [1.82, 2.24) is 10.6 Å². The van der Waals surface area contributed by atoms with E-state index in [0.717, 1.165) is 23.3 Å². The fourth-order valence-electron chi connectivity index (χ4n) is 3.06. The van der Waals surface area contributed by atoms with Crippen molar-refractivity contribution in [2.75, 3.05) is 17.6 Å². The molecule has 0 aliphatic carbocycles. The summed E-state index contributed by atoms with van der Waals surface area (Å²) in [5.41, 5.74) is 2.78. The van der Waals surface area contributed by atoms with E-state index in [1.165, 1.54) is 17.8 Å². The summed E-state index contributed by atoms with van der Waals surface area (Å²) in [6.45, 7) is 4.25. The Labute approximate surface area is 162 Å². The van der Waals surface area contributed by atoms with Gasteiger partial charge in [-0.25, -0.2) is 9.18 Å². The van der Waals surface area contributed by atoms with E-state index < -0.39 is 0 Å². The predicted octanol–water partition coefficient (Wildman–Crippen LogP) is 4.24. The molecular weight excluding hydrogens is 365 g/mol. The Bertz CT molecular complexity index is 872. The number of hydrogen-bond acceptors (Lipinski definition) is 3. The highest BCUT2D eigenvalue weighted by molar-refractivity contribution is 7.99. The zero-order valence-electron chi connectivity index (χ0n) is 15.3. The molecule has 0 bridgehead atoms. The minimum Gasteiger partial charge on any atom is -0.352 e. The SMILES string of the molecule is CCNC(=O)c1ccc(NC(=O)NC2CCSc3c(F)cccc32)c(C)c1. The Morgan fingerprint density at radius 2 is 2.07 bits per heavy atom. The van der Waals surface area contributed by atoms with Crippen LogP contribution in [-0.4, -0.2) is 24.2 Å². The third kappa shape index (κ3) is 4.42. The molecule has 0 saturated carbocycles. The first-order valence-corrected chi connectivity index (χ1v) is 9.85. The summed E-state index contributed by atoms with van der Waals surface area (Å²) in [5.74, 6) is 0.357. The van der Waals surface area contributed by atoms with Gasteiger partial charge in [-0.3, -0.25) is 4.79 Å². The highest BCUT2D eigenvalue weighted by Crippen LogP contribution is 2.37. The number of fused-ring (bicyclic) bond motifs is 1. The number of urea groups is 1. The second kappa shape index (κ2) is 8.43. The maximum absolute atomic E-state index is 14.0. The lowest BCUT2D eigenvalue weighted by Crippen LogP contribution is -2.34. The first kappa shape index (κ1) is 19.2. The van der Waals surface area contributed by atoms with Gasteiger partial charge in [-0.05, 0) is 55.7 Å². The second-order valence-electron chi connectivity index (χ2n) is 6.34. The van der Waals surface area contributed by atoms with E-state index in [2.05, 4.69) is 16.0 Å². The molecule has 2 aromatic rings. The third-order valence-electron chi connectivity index (χ3n) is 4.41. The summed E-state index contributed by atoms with van der Waals surface area (Å²) in [5, 5.41) is 8.49. The lowest BCUT2D eigenvalue weighted by Gasteiger charge is -2.26. The van der Waals surface area contributed by atoms with E-state index in [0.29, 0.717) is 22.7 Å². The minimum absolute atomic E-state index is 0.144. The number of aryl methyl sites for hydroxylation is 1. The van der Waals surface area contributed by atoms with Crippen molar-refractivity contribution >= 4 is 29.4 Å². The van der Waals surface area contributed by atoms with Crippen LogP contribution < -0.4 is 16.0 Å². The van der Waals surface area contributed by atoms with Crippen LogP contribution in [0.4, 0.5) is 14.9 Å². The van der Waals surface area contributed by atoms with Gasteiger partial charge >= 0.3 is 6.03 Å². The van der Waals surface area contributed by atoms with Crippen molar-refractivity contribution in [3.05, 3.63) is 58.9 Å². The average Bonchev–Trinajstić information content (AvgIpc) is 2.64. The van der Waals surface area contributed by atoms with Crippen molar-refractivity contribution in [2.24, 2.45) is 0 Å². The van der Waals surface area contributed by atoms with Gasteiger partial charge in [-0.15, -0.1) is 11.8 Å². The number of benzene rings is 2. The predicted molar refractivity (Wildman–Crippen MR) is 106 cm³/mol. The van der Waals surface area contributed by atoms with E-state index in [1.54, 1.807) is 24.3 Å². The van der Waals surface area contributed by atoms with Crippen LogP contribution in [0, 0.1) is 12.7 Å². The molecule has 1 heterocycles. The monoisotopic (exact) mass is 387 g/mol. The molecule has 1 atom stereocenters. The van der Waals surface area contributed by atoms with Crippen LogP contribution in [0.5, 0.6) is 0 Å². The number of amides is 3. The Morgan fingerprint density at radius 1 is 1.26 bits per heavy atom. The lowest BCUT2D eigenvalue weighted by atomic mass is 10.0. The van der Waals surface area contributed by atoms with E-state index >= 15 is 0 Å². The standard InChI is InChI=1S/C20H22FN3O2S/c1-3-22-19(25)13-7-8-16(12(2)11-13)23-20(26)24-17-9-10-27-18-14(17)5-4-6-15(18)21/h4-8,11,17H,3,9-10H2,1-2H3,(H,22,25)(H2,23,24,26). The first-order valence-electron chi connectivity index (χ1n) is 8.87. The summed E-state index contributed by atoms with van der Waals surface area (Å²) in [6.07, 6.45) is 0.740. The molecular formula is C20H22FN3O2S. The smallest absolute Gasteiger partial charge is 0.319 e. The molecule has 1 aliphatic heterocycles. The van der Waals surface area contributed by atoms with Gasteiger partial charge in [0.15, 0.2) is 0 Å². The summed E-state index contributed by atoms with van der Waals surface area (Å²) in [7, 11) is 0. The zero-order valence-corrected chi connectivity index (χ0v) is 16.1. The van der Waals surface area contributed by atoms with Gasteiger partial charge in [-0.2, -0.15) is 0 Å². The molecule has 3 rings (SSSR count). The molecule has 0 spiro atoms. The van der Waals surface area contributed by atoms with Crippen molar-refractivity contribution in [3.63, 3.8) is 0 Å². The van der Waals surface area contributed by atoms with E-state index in [-0.39, 0.29) is 23.8 Å². The maximum Gasteiger partial charge on any atom is 0.319 e. The molecule has 3 N–H and O–H groups in total. The Morgan fingerprint density at radius 3 is 2.81 bits per heavy atom. The highest BCUT2D eigenvalue weighted by atomic mass is 32.2. The van der Waals surface area contributed by atoms with Crippen molar-refractivity contribution in [3.8, 4) is 0 Å². The molecule has 7 heteroatoms. The number of carbonyl (C=O) groups is 2. The second-order valence-corrected chi connectivity index (χ2v) is 7.44. The number of halogens is 1. The van der Waals surface area contributed by atoms with Gasteiger partial charge in [-0.1, -0.05) is 12.1 Å². The summed E-state index contributed by atoms with van der Waals surface area (Å²) < 4.78 is 14.0. The molecule has 3 amide bonds. The van der Waals surface area contributed by atoms with Gasteiger partial charge in [0.1, 0.15) is 5.82 Å². The van der Waals surface area contributed by atoms with Gasteiger partial charge in [0.2, 0.25) is 0 Å². The molecule has 1 aliphatic rings. The van der Waals surface area contributed by atoms with Crippen molar-refractivity contribution < 1.29 is 14.0 Å². The van der Waals surface area contributed by atoms with Gasteiger partial charge in [0.25, 0.3) is 5.91 Å². The topological polar surface area (TPSA) is 70.2 Å². The highest BCUT2D eigenvalue weighted by Gasteiger charge is 2.24. The fourth-order valence-corrected chi connectivity index (χ4v) is 4.20. The van der Waals surface area contributed by atoms with Gasteiger partial charge < -0.3 is 16.0 Å². The van der Waals surface area contributed by atoms with E-state index in [4.69, 9.17) is 0 Å². The Kier molecular flexibility index (Phi) is 6.01. The molecule has 0 aromatic heterocycles. The van der Waals surface area contributed by atoms with Gasteiger partial charge in [0, 0.05) is 28.4 Å². The van der Waals surface area contributed by atoms with E-state index in [9.17, 15) is 14.0 Å². The van der Waals surface area contributed by atoms with Crippen molar-refractivity contribution in [2.45, 2.75) is 31.2 Å². The number of carbonyl (C=O) groups excluding carboxylic acids is 2. The Hall–Kier alpha value is -2.54. The van der Waals surface area contributed by atoms with Crippen LogP contribution in [0.15, 0.2) is 41.3 Å². The summed E-state index contributed by atoms with van der Waals surface area (Å²) >= 11 is 1.48. The normalized spacial score (nSPS) is 15.6. The van der Waals surface area contributed by atoms with Crippen LogP contribution in [-0.2, 0) is 0 Å². The molecule has 0 fully saturated rings. The maximum atomic E-state index is 14.0. The number of anilines is 1. The fraction of sp³-hybridized carbons (Fsp3) is 0.300. The van der Waals surface area contributed by atoms with Crippen LogP contribution in [0.1, 0.15) is 40.9 Å². The number of hydrogen-bond donors (Lipinski definition) is 3. The van der Waals surface area contributed by atoms with Crippen LogP contribution >= 0.6 is 11.8 Å². The van der Waals surface area contributed by atoms with Crippen LogP contribution in [0.3, 0.4) is 0 Å². The van der Waals surface area contributed by atoms with Crippen LogP contribution in [0.2, 0.25) is 0 Å². The first-order chi connectivity index (χ1) is 13.0. The number of thioether (sulfide) groups is 1. The van der Waals surface area contributed by atoms with Gasteiger partial charge in [0.05, 0.1) is 6.04 Å². The average molecular weight is 387 g/mol. The molecule has 27 heavy (non-hydrogen) atoms. The summed E-state index contributed by atoms with van der Waals surface area (Å²) in [4.78, 5) is 24.9. The Balaban J connectivity index is 1.69. The molecule has 142 valence electrons. The number of nitrogens with one attached hydrogen (secondary N) is 3. The van der Waals surface area contributed by atoms with E-state index in [1.807, 2.05) is 19.9 Å². The van der Waals surface area contributed by atoms with Crippen LogP contribution in [0.25, 0.3) is 0 Å². The molecule has 0 radical (unpaired) electrons. The zero-order chi connectivity index (χ0) is 19.4. The largest absolute Gasteiger partial charge is 0.352 e. The molecule has 2 aromatic carbocycles. The van der Waals surface area contributed by atoms with Crippen molar-refractivity contribution in [1.29, 1.82) is 0 Å². The molecule has 5 nitrogen and oxygen atoms in total. The quantitative estimate of drug-likeness (QED) is 0.735. The molecule has 1 unspecified atom stereocenters. The molecule has 0 saturated heterocycles. The third-order valence-corrected chi connectivity index (χ3v) is 5.56. The number of rotatable bonds is 4.